The van der Waals surface area contributed by atoms with E-state index in [0.29, 0.717) is 38.9 Å². The Morgan fingerprint density at radius 1 is 0.946 bits per heavy atom. The third-order valence-electron chi connectivity index (χ3n) is 11.5. The number of carbonyl (C=O) groups excluding carboxylic acids is 4. The van der Waals surface area contributed by atoms with Crippen LogP contribution >= 0.6 is 0 Å². The monoisotopic (exact) mass is 789 g/mol. The van der Waals surface area contributed by atoms with E-state index in [1.807, 2.05) is 83.8 Å². The van der Waals surface area contributed by atoms with Crippen LogP contribution in [0.5, 0.6) is 0 Å². The molecule has 1 fully saturated rings. The molecule has 0 radical (unpaired) electrons. The number of benzene rings is 1. The number of carboxylic acid groups (broad SMARTS) is 1. The summed E-state index contributed by atoms with van der Waals surface area (Å²) in [6.45, 7) is 15.1. The lowest BCUT2D eigenvalue weighted by atomic mass is 9.89. The molecule has 1 aromatic rings. The average Bonchev–Trinajstić information content (AvgIpc) is 3.65. The topological polar surface area (TPSA) is 184 Å². The first-order valence-electron chi connectivity index (χ1n) is 20.3. The molecule has 14 nitrogen and oxygen atoms in total. The highest BCUT2D eigenvalue weighted by Gasteiger charge is 2.43. The minimum absolute atomic E-state index is 0.000882. The number of ether oxygens (including phenoxy) is 2. The van der Waals surface area contributed by atoms with Crippen LogP contribution in [0.15, 0.2) is 30.3 Å². The first kappa shape index (κ1) is 48.6. The molecule has 1 saturated heterocycles. The largest absolute Gasteiger partial charge is 0.480 e. The number of methoxy groups -OCH3 is 2. The number of carbonyl (C=O) groups is 5. The van der Waals surface area contributed by atoms with Gasteiger partial charge in [-0.2, -0.15) is 0 Å². The molecular formula is C42H72N6O8. The maximum atomic E-state index is 14.4. The van der Waals surface area contributed by atoms with Gasteiger partial charge in [0.15, 0.2) is 0 Å². The van der Waals surface area contributed by atoms with E-state index in [2.05, 4.69) is 10.6 Å². The number of hydrogen-bond donors (Lipinski definition) is 4. The van der Waals surface area contributed by atoms with Crippen molar-refractivity contribution in [2.45, 2.75) is 129 Å². The summed E-state index contributed by atoms with van der Waals surface area (Å²) in [6.07, 6.45) is 1.51. The summed E-state index contributed by atoms with van der Waals surface area (Å²) in [5.74, 6) is -3.31. The molecule has 9 unspecified atom stereocenters. The van der Waals surface area contributed by atoms with E-state index in [-0.39, 0.29) is 48.3 Å². The van der Waals surface area contributed by atoms with Crippen LogP contribution in [0.4, 0.5) is 0 Å². The minimum atomic E-state index is -1.14. The molecule has 9 atom stereocenters. The number of likely N-dealkylation sites (tertiary alicyclic amines) is 1. The predicted molar refractivity (Wildman–Crippen MR) is 218 cm³/mol. The molecule has 1 aromatic carbocycles. The average molecular weight is 789 g/mol. The van der Waals surface area contributed by atoms with Crippen LogP contribution in [0.25, 0.3) is 0 Å². The third kappa shape index (κ3) is 13.2. The van der Waals surface area contributed by atoms with E-state index in [1.54, 1.807) is 23.8 Å². The Morgan fingerprint density at radius 2 is 1.59 bits per heavy atom. The summed E-state index contributed by atoms with van der Waals surface area (Å²) in [6, 6.07) is 5.80. The van der Waals surface area contributed by atoms with Crippen molar-refractivity contribution in [3.63, 3.8) is 0 Å². The van der Waals surface area contributed by atoms with Crippen LogP contribution in [0.3, 0.4) is 0 Å². The second-order valence-electron chi connectivity index (χ2n) is 16.2. The summed E-state index contributed by atoms with van der Waals surface area (Å²) < 4.78 is 11.9. The molecule has 2 rings (SSSR count). The van der Waals surface area contributed by atoms with Crippen LogP contribution in [-0.2, 0) is 39.9 Å². The van der Waals surface area contributed by atoms with Gasteiger partial charge < -0.3 is 40.7 Å². The number of likely N-dealkylation sites (N-methyl/N-ethyl adjacent to an activating group) is 2. The summed E-state index contributed by atoms with van der Waals surface area (Å²) >= 11 is 0. The molecule has 14 heteroatoms. The van der Waals surface area contributed by atoms with Crippen molar-refractivity contribution < 1.29 is 38.6 Å². The normalized spacial score (nSPS) is 18.8. The molecular weight excluding hydrogens is 716 g/mol. The number of nitrogens with one attached hydrogen (secondary N) is 2. The Balaban J connectivity index is 2.28. The van der Waals surface area contributed by atoms with Gasteiger partial charge in [0.1, 0.15) is 12.1 Å². The van der Waals surface area contributed by atoms with Crippen molar-refractivity contribution in [3.8, 4) is 0 Å². The lowest BCUT2D eigenvalue weighted by molar-refractivity contribution is -0.148. The van der Waals surface area contributed by atoms with Crippen LogP contribution < -0.4 is 16.4 Å². The van der Waals surface area contributed by atoms with Gasteiger partial charge in [0.25, 0.3) is 0 Å². The highest BCUT2D eigenvalue weighted by atomic mass is 16.5. The first-order chi connectivity index (χ1) is 26.4. The molecule has 1 aliphatic heterocycles. The lowest BCUT2D eigenvalue weighted by Gasteiger charge is -2.41. The summed E-state index contributed by atoms with van der Waals surface area (Å²) in [7, 11) is 6.65. The van der Waals surface area contributed by atoms with Crippen molar-refractivity contribution in [1.29, 1.82) is 0 Å². The Bertz CT molecular complexity index is 1400. The zero-order valence-electron chi connectivity index (χ0n) is 35.8. The van der Waals surface area contributed by atoms with Crippen LogP contribution in [-0.4, -0.2) is 140 Å². The number of aliphatic carboxylic acids is 1. The zero-order chi connectivity index (χ0) is 42.3. The fourth-order valence-corrected chi connectivity index (χ4v) is 8.12. The van der Waals surface area contributed by atoms with Crippen molar-refractivity contribution in [2.24, 2.45) is 29.4 Å². The molecule has 0 aliphatic carbocycles. The molecule has 56 heavy (non-hydrogen) atoms. The fourth-order valence-electron chi connectivity index (χ4n) is 8.12. The summed E-state index contributed by atoms with van der Waals surface area (Å²) in [5, 5.41) is 15.6. The van der Waals surface area contributed by atoms with Crippen molar-refractivity contribution in [2.75, 3.05) is 47.9 Å². The maximum Gasteiger partial charge on any atom is 0.326 e. The quantitative estimate of drug-likeness (QED) is 0.121. The van der Waals surface area contributed by atoms with Crippen molar-refractivity contribution in [1.82, 2.24) is 25.3 Å². The minimum Gasteiger partial charge on any atom is -0.480 e. The molecule has 0 spiro atoms. The van der Waals surface area contributed by atoms with Gasteiger partial charge in [-0.15, -0.1) is 0 Å². The molecule has 5 N–H and O–H groups in total. The number of nitrogens with two attached hydrogens (primary N) is 1. The smallest absolute Gasteiger partial charge is 0.326 e. The van der Waals surface area contributed by atoms with Crippen LogP contribution in [0.1, 0.15) is 86.1 Å². The van der Waals surface area contributed by atoms with Crippen molar-refractivity contribution in [3.05, 3.63) is 35.9 Å². The van der Waals surface area contributed by atoms with E-state index in [0.717, 1.165) is 12.0 Å². The summed E-state index contributed by atoms with van der Waals surface area (Å²) in [4.78, 5) is 73.3. The highest BCUT2D eigenvalue weighted by Crippen LogP contribution is 2.30. The summed E-state index contributed by atoms with van der Waals surface area (Å²) in [5.41, 5.74) is 6.51. The third-order valence-corrected chi connectivity index (χ3v) is 11.5. The van der Waals surface area contributed by atoms with Crippen LogP contribution in [0.2, 0.25) is 0 Å². The SMILES string of the molecule is CCC(C)C(C(CC(=O)N1CCCC1C(OC)C(C)C(=O)NC(Cc1ccccc1)C(=O)O)OC)N(C)C(=O)C(NC(=O)C(C(C)C)N(C)CCCN)C(C)C. The molecule has 4 amide bonds. The predicted octanol–water partition coefficient (Wildman–Crippen LogP) is 3.16. The van der Waals surface area contributed by atoms with E-state index in [4.69, 9.17) is 15.2 Å². The number of nitrogens with zero attached hydrogens (tertiary/aromatic N) is 3. The van der Waals surface area contributed by atoms with E-state index in [9.17, 15) is 29.1 Å². The lowest BCUT2D eigenvalue weighted by Crippen LogP contribution is -2.60. The zero-order valence-corrected chi connectivity index (χ0v) is 35.8. The second kappa shape index (κ2) is 23.6. The number of amides is 4. The van der Waals surface area contributed by atoms with Gasteiger partial charge in [-0.05, 0) is 62.7 Å². The number of carboxylic acids is 1. The Hall–Kier alpha value is -3.59. The van der Waals surface area contributed by atoms with Gasteiger partial charge in [-0.3, -0.25) is 24.1 Å². The van der Waals surface area contributed by atoms with Gasteiger partial charge >= 0.3 is 5.97 Å². The van der Waals surface area contributed by atoms with Gasteiger partial charge in [0.05, 0.1) is 42.7 Å². The second-order valence-corrected chi connectivity index (χ2v) is 16.2. The maximum absolute atomic E-state index is 14.4. The Labute approximate surface area is 335 Å². The first-order valence-corrected chi connectivity index (χ1v) is 20.3. The van der Waals surface area contributed by atoms with E-state index in [1.165, 1.54) is 14.2 Å². The molecule has 318 valence electrons. The standard InChI is InChI=1S/C42H72N6O8/c1-12-28(6)37(47(9)41(52)35(26(2)3)45-40(51)36(27(4)5)46(8)22-17-21-43)33(55-10)25-34(49)48-23-16-20-32(48)38(56-11)29(7)39(50)44-31(42(53)54)24-30-18-14-13-15-19-30/h13-15,18-19,26-29,31-33,35-38H,12,16-17,20-25,43H2,1-11H3,(H,44,50)(H,45,51)(H,53,54). The van der Waals surface area contributed by atoms with Crippen molar-refractivity contribution >= 4 is 29.6 Å². The number of hydrogen-bond acceptors (Lipinski definition) is 9. The van der Waals surface area contributed by atoms with Gasteiger partial charge in [0.2, 0.25) is 23.6 Å². The molecule has 1 aliphatic rings. The Kier molecular flexibility index (Phi) is 20.5. The van der Waals surface area contributed by atoms with Crippen LogP contribution in [0, 0.1) is 23.7 Å². The fraction of sp³-hybridized carbons (Fsp3) is 0.738. The number of rotatable bonds is 24. The Morgan fingerprint density at radius 3 is 2.11 bits per heavy atom. The van der Waals surface area contributed by atoms with Gasteiger partial charge in [-0.25, -0.2) is 4.79 Å². The van der Waals surface area contributed by atoms with Gasteiger partial charge in [-0.1, -0.05) is 85.2 Å². The highest BCUT2D eigenvalue weighted by molar-refractivity contribution is 5.90. The van der Waals surface area contributed by atoms with E-state index < -0.39 is 60.2 Å². The van der Waals surface area contributed by atoms with E-state index >= 15 is 0 Å². The molecule has 0 aromatic heterocycles. The molecule has 0 bridgehead atoms. The molecule has 1 heterocycles. The molecule has 0 saturated carbocycles. The van der Waals surface area contributed by atoms with Gasteiger partial charge in [0, 0.05) is 34.2 Å².